The van der Waals surface area contributed by atoms with E-state index in [0.29, 0.717) is 5.76 Å². The van der Waals surface area contributed by atoms with Crippen molar-refractivity contribution in [2.75, 3.05) is 0 Å². The van der Waals surface area contributed by atoms with Crippen LogP contribution in [0.1, 0.15) is 31.2 Å². The van der Waals surface area contributed by atoms with Crippen LogP contribution in [0, 0.1) is 24.2 Å². The summed E-state index contributed by atoms with van der Waals surface area (Å²) in [6.45, 7) is 5.83. The van der Waals surface area contributed by atoms with Crippen LogP contribution in [-0.4, -0.2) is 5.16 Å². The maximum Gasteiger partial charge on any atom is 0.154 e. The molecule has 0 aromatic carbocycles. The Bertz CT molecular complexity index is 296. The number of nitrogens with zero attached hydrogens (tertiary/aromatic N) is 2. The highest BCUT2D eigenvalue weighted by Crippen LogP contribution is 2.23. The zero-order valence-electron chi connectivity index (χ0n) is 7.53. The van der Waals surface area contributed by atoms with E-state index in [1.165, 1.54) is 0 Å². The number of hydrogen-bond donors (Lipinski definition) is 0. The first-order chi connectivity index (χ1) is 5.65. The first-order valence-electron chi connectivity index (χ1n) is 3.98. The predicted octanol–water partition coefficient (Wildman–Crippen LogP) is 2.25. The molecule has 0 saturated heterocycles. The van der Waals surface area contributed by atoms with Gasteiger partial charge < -0.3 is 4.52 Å². The molecule has 12 heavy (non-hydrogen) atoms. The van der Waals surface area contributed by atoms with Gasteiger partial charge in [0.1, 0.15) is 5.92 Å². The van der Waals surface area contributed by atoms with Gasteiger partial charge in [-0.1, -0.05) is 19.0 Å². The molecule has 0 N–H and O–H groups in total. The summed E-state index contributed by atoms with van der Waals surface area (Å²) in [5.74, 6) is 0.763. The summed E-state index contributed by atoms with van der Waals surface area (Å²) in [5.41, 5.74) is 0.825. The van der Waals surface area contributed by atoms with E-state index in [2.05, 4.69) is 11.2 Å². The Hall–Kier alpha value is -1.30. The van der Waals surface area contributed by atoms with Gasteiger partial charge in [-0.2, -0.15) is 5.26 Å². The van der Waals surface area contributed by atoms with Crippen molar-refractivity contribution in [3.05, 3.63) is 17.5 Å². The topological polar surface area (TPSA) is 49.8 Å². The number of hydrogen-bond acceptors (Lipinski definition) is 3. The van der Waals surface area contributed by atoms with Crippen molar-refractivity contribution in [1.82, 2.24) is 5.16 Å². The molecule has 64 valence electrons. The Morgan fingerprint density at radius 3 is 2.58 bits per heavy atom. The molecule has 1 aromatic rings. The fourth-order valence-corrected chi connectivity index (χ4v) is 1.07. The van der Waals surface area contributed by atoms with E-state index in [0.717, 1.165) is 5.69 Å². The first kappa shape index (κ1) is 8.79. The van der Waals surface area contributed by atoms with Gasteiger partial charge in [0.2, 0.25) is 0 Å². The monoisotopic (exact) mass is 164 g/mol. The van der Waals surface area contributed by atoms with E-state index < -0.39 is 0 Å². The van der Waals surface area contributed by atoms with Crippen molar-refractivity contribution in [1.29, 1.82) is 5.26 Å². The van der Waals surface area contributed by atoms with Crippen LogP contribution >= 0.6 is 0 Å². The highest BCUT2D eigenvalue weighted by atomic mass is 16.5. The predicted molar refractivity (Wildman–Crippen MR) is 44.4 cm³/mol. The molecule has 1 aromatic heterocycles. The van der Waals surface area contributed by atoms with Crippen molar-refractivity contribution in [2.24, 2.45) is 5.92 Å². The highest BCUT2D eigenvalue weighted by Gasteiger charge is 2.19. The van der Waals surface area contributed by atoms with Crippen molar-refractivity contribution >= 4 is 0 Å². The first-order valence-corrected chi connectivity index (χ1v) is 3.98. The zero-order valence-corrected chi connectivity index (χ0v) is 7.53. The number of rotatable bonds is 2. The molecule has 1 heterocycles. The summed E-state index contributed by atoms with van der Waals surface area (Å²) < 4.78 is 5.01. The molecule has 1 unspecified atom stereocenters. The van der Waals surface area contributed by atoms with Gasteiger partial charge >= 0.3 is 0 Å². The largest absolute Gasteiger partial charge is 0.360 e. The lowest BCUT2D eigenvalue weighted by molar-refractivity contribution is 0.351. The van der Waals surface area contributed by atoms with Gasteiger partial charge in [0.25, 0.3) is 0 Å². The van der Waals surface area contributed by atoms with Gasteiger partial charge in [-0.3, -0.25) is 0 Å². The second kappa shape index (κ2) is 3.40. The Labute approximate surface area is 72.0 Å². The summed E-state index contributed by atoms with van der Waals surface area (Å²) >= 11 is 0. The van der Waals surface area contributed by atoms with Crippen LogP contribution < -0.4 is 0 Å². The fourth-order valence-electron chi connectivity index (χ4n) is 1.07. The van der Waals surface area contributed by atoms with Crippen LogP contribution in [0.4, 0.5) is 0 Å². The minimum absolute atomic E-state index is 0.175. The van der Waals surface area contributed by atoms with E-state index in [-0.39, 0.29) is 11.8 Å². The molecule has 0 radical (unpaired) electrons. The highest BCUT2D eigenvalue weighted by molar-refractivity contribution is 5.16. The Morgan fingerprint density at radius 1 is 1.58 bits per heavy atom. The average molecular weight is 164 g/mol. The molecule has 0 saturated carbocycles. The maximum absolute atomic E-state index is 8.82. The molecule has 0 amide bonds. The van der Waals surface area contributed by atoms with Crippen LogP contribution in [-0.2, 0) is 0 Å². The van der Waals surface area contributed by atoms with Crippen LogP contribution in [0.25, 0.3) is 0 Å². The smallest absolute Gasteiger partial charge is 0.154 e. The molecule has 0 aliphatic carbocycles. The average Bonchev–Trinajstić information content (AvgIpc) is 2.37. The quantitative estimate of drug-likeness (QED) is 0.673. The third kappa shape index (κ3) is 1.65. The van der Waals surface area contributed by atoms with Gasteiger partial charge in [-0.25, -0.2) is 0 Å². The molecule has 0 aliphatic rings. The lowest BCUT2D eigenvalue weighted by atomic mass is 9.95. The molecule has 0 fully saturated rings. The van der Waals surface area contributed by atoms with Crippen LogP contribution in [0.3, 0.4) is 0 Å². The summed E-state index contributed by atoms with van der Waals surface area (Å²) in [7, 11) is 0. The number of aryl methyl sites for hydroxylation is 1. The minimum Gasteiger partial charge on any atom is -0.360 e. The van der Waals surface area contributed by atoms with Gasteiger partial charge in [-0.15, -0.1) is 0 Å². The van der Waals surface area contributed by atoms with E-state index in [9.17, 15) is 0 Å². The SMILES string of the molecule is Cc1cc(C(C#N)C(C)C)on1. The summed E-state index contributed by atoms with van der Waals surface area (Å²) in [6.07, 6.45) is 0. The third-order valence-electron chi connectivity index (χ3n) is 1.76. The maximum atomic E-state index is 8.82. The lowest BCUT2D eigenvalue weighted by Gasteiger charge is -2.07. The van der Waals surface area contributed by atoms with E-state index in [1.807, 2.05) is 26.8 Å². The summed E-state index contributed by atoms with van der Waals surface area (Å²) in [4.78, 5) is 0. The molecule has 0 aliphatic heterocycles. The third-order valence-corrected chi connectivity index (χ3v) is 1.76. The van der Waals surface area contributed by atoms with Crippen LogP contribution in [0.5, 0.6) is 0 Å². The Morgan fingerprint density at radius 2 is 2.25 bits per heavy atom. The standard InChI is InChI=1S/C9H12N2O/c1-6(2)8(5-10)9-4-7(3)11-12-9/h4,6,8H,1-3H3. The molecule has 3 nitrogen and oxygen atoms in total. The Balaban J connectivity index is 2.89. The second-order valence-corrected chi connectivity index (χ2v) is 3.22. The lowest BCUT2D eigenvalue weighted by Crippen LogP contribution is -2.02. The van der Waals surface area contributed by atoms with E-state index >= 15 is 0 Å². The van der Waals surface area contributed by atoms with Crippen LogP contribution in [0.2, 0.25) is 0 Å². The van der Waals surface area contributed by atoms with E-state index in [4.69, 9.17) is 9.78 Å². The zero-order chi connectivity index (χ0) is 9.14. The summed E-state index contributed by atoms with van der Waals surface area (Å²) in [5, 5.41) is 12.6. The second-order valence-electron chi connectivity index (χ2n) is 3.22. The van der Waals surface area contributed by atoms with Crippen molar-refractivity contribution in [2.45, 2.75) is 26.7 Å². The molecule has 1 rings (SSSR count). The van der Waals surface area contributed by atoms with Crippen molar-refractivity contribution in [3.8, 4) is 6.07 Å². The van der Waals surface area contributed by atoms with Gasteiger partial charge in [-0.05, 0) is 12.8 Å². The normalized spacial score (nSPS) is 12.9. The Kier molecular flexibility index (Phi) is 2.49. The molecular weight excluding hydrogens is 152 g/mol. The van der Waals surface area contributed by atoms with Gasteiger partial charge in [0, 0.05) is 6.07 Å². The summed E-state index contributed by atoms with van der Waals surface area (Å²) in [6, 6.07) is 4.01. The number of aromatic nitrogens is 1. The molecule has 1 atom stereocenters. The minimum atomic E-state index is -0.175. The number of nitriles is 1. The molecule has 0 spiro atoms. The van der Waals surface area contributed by atoms with Gasteiger partial charge in [0.05, 0.1) is 11.8 Å². The molecule has 3 heteroatoms. The van der Waals surface area contributed by atoms with Crippen LogP contribution in [0.15, 0.2) is 10.6 Å². The van der Waals surface area contributed by atoms with Gasteiger partial charge in [0.15, 0.2) is 5.76 Å². The van der Waals surface area contributed by atoms with Crippen molar-refractivity contribution < 1.29 is 4.52 Å². The molecule has 0 bridgehead atoms. The van der Waals surface area contributed by atoms with Crippen molar-refractivity contribution in [3.63, 3.8) is 0 Å². The molecular formula is C9H12N2O. The van der Waals surface area contributed by atoms with E-state index in [1.54, 1.807) is 0 Å². The fraction of sp³-hybridized carbons (Fsp3) is 0.556.